The molecule has 4 nitrogen and oxygen atoms in total. The molecule has 0 saturated carbocycles. The smallest absolute Gasteiger partial charge is 0.203 e. The number of hydrogen-bond acceptors (Lipinski definition) is 4. The number of rotatable bonds is 3. The molecule has 0 amide bonds. The molecule has 0 aliphatic carbocycles. The number of para-hydroxylation sites is 2. The first kappa shape index (κ1) is 10.3. The van der Waals surface area contributed by atoms with Crippen molar-refractivity contribution in [3.63, 3.8) is 0 Å². The zero-order valence-electron chi connectivity index (χ0n) is 9.42. The first-order valence-corrected chi connectivity index (χ1v) is 6.31. The van der Waals surface area contributed by atoms with Crippen LogP contribution in [0.5, 0.6) is 0 Å². The molecule has 0 unspecified atom stereocenters. The van der Waals surface area contributed by atoms with Crippen molar-refractivity contribution < 1.29 is 0 Å². The molecule has 0 saturated heterocycles. The predicted octanol–water partition coefficient (Wildman–Crippen LogP) is 2.64. The Kier molecular flexibility index (Phi) is 2.53. The maximum Gasteiger partial charge on any atom is 0.203 e. The molecular weight excluding hydrogens is 232 g/mol. The fraction of sp³-hybridized carbons (Fsp3) is 0.167. The first-order chi connectivity index (χ1) is 8.34. The quantitative estimate of drug-likeness (QED) is 0.770. The van der Waals surface area contributed by atoms with Crippen LogP contribution in [0.4, 0.5) is 5.95 Å². The highest BCUT2D eigenvalue weighted by atomic mass is 32.1. The van der Waals surface area contributed by atoms with Gasteiger partial charge in [0.15, 0.2) is 0 Å². The fourth-order valence-corrected chi connectivity index (χ4v) is 2.36. The molecule has 2 heterocycles. The van der Waals surface area contributed by atoms with Crippen molar-refractivity contribution in [1.82, 2.24) is 14.5 Å². The van der Waals surface area contributed by atoms with Gasteiger partial charge in [0.2, 0.25) is 5.95 Å². The van der Waals surface area contributed by atoms with Gasteiger partial charge in [-0.1, -0.05) is 12.1 Å². The van der Waals surface area contributed by atoms with Gasteiger partial charge in [-0.05, 0) is 12.1 Å². The Morgan fingerprint density at radius 1 is 1.35 bits per heavy atom. The van der Waals surface area contributed by atoms with Crippen LogP contribution in [0.25, 0.3) is 11.0 Å². The molecule has 0 spiro atoms. The molecule has 0 radical (unpaired) electrons. The molecule has 17 heavy (non-hydrogen) atoms. The number of benzene rings is 1. The third kappa shape index (κ3) is 1.89. The Hall–Kier alpha value is -1.88. The van der Waals surface area contributed by atoms with Crippen LogP contribution in [0.15, 0.2) is 35.2 Å². The van der Waals surface area contributed by atoms with E-state index in [0.29, 0.717) is 6.54 Å². The van der Waals surface area contributed by atoms with Crippen LogP contribution in [0, 0.1) is 0 Å². The third-order valence-electron chi connectivity index (χ3n) is 2.70. The summed E-state index contributed by atoms with van der Waals surface area (Å²) >= 11 is 1.61. The highest BCUT2D eigenvalue weighted by molar-refractivity contribution is 7.07. The Balaban J connectivity index is 1.88. The van der Waals surface area contributed by atoms with Gasteiger partial charge in [0, 0.05) is 12.4 Å². The summed E-state index contributed by atoms with van der Waals surface area (Å²) in [6.07, 6.45) is 0. The molecule has 86 valence electrons. The molecule has 2 aromatic heterocycles. The van der Waals surface area contributed by atoms with Crippen molar-refractivity contribution in [2.24, 2.45) is 7.05 Å². The second kappa shape index (κ2) is 4.18. The molecule has 3 aromatic rings. The van der Waals surface area contributed by atoms with Gasteiger partial charge in [-0.25, -0.2) is 9.97 Å². The monoisotopic (exact) mass is 244 g/mol. The number of anilines is 1. The fourth-order valence-electron chi connectivity index (χ4n) is 1.80. The van der Waals surface area contributed by atoms with E-state index in [1.54, 1.807) is 11.3 Å². The number of nitrogens with zero attached hydrogens (tertiary/aromatic N) is 3. The Morgan fingerprint density at radius 3 is 3.00 bits per heavy atom. The number of aromatic nitrogens is 3. The van der Waals surface area contributed by atoms with E-state index in [-0.39, 0.29) is 0 Å². The average Bonchev–Trinajstić information content (AvgIpc) is 2.96. The van der Waals surface area contributed by atoms with E-state index in [9.17, 15) is 0 Å². The Bertz CT molecular complexity index is 627. The van der Waals surface area contributed by atoms with E-state index in [4.69, 9.17) is 0 Å². The average molecular weight is 244 g/mol. The molecule has 1 aromatic carbocycles. The normalized spacial score (nSPS) is 10.9. The number of imidazole rings is 1. The lowest BCUT2D eigenvalue weighted by Gasteiger charge is -2.03. The third-order valence-corrected chi connectivity index (χ3v) is 3.33. The van der Waals surface area contributed by atoms with Gasteiger partial charge < -0.3 is 9.88 Å². The summed E-state index contributed by atoms with van der Waals surface area (Å²) in [4.78, 5) is 8.77. The van der Waals surface area contributed by atoms with E-state index in [0.717, 1.165) is 22.7 Å². The van der Waals surface area contributed by atoms with Crippen LogP contribution < -0.4 is 5.32 Å². The highest BCUT2D eigenvalue weighted by Crippen LogP contribution is 2.17. The summed E-state index contributed by atoms with van der Waals surface area (Å²) < 4.78 is 2.06. The van der Waals surface area contributed by atoms with Crippen molar-refractivity contribution in [1.29, 1.82) is 0 Å². The molecule has 0 atom stereocenters. The largest absolute Gasteiger partial charge is 0.350 e. The lowest BCUT2D eigenvalue weighted by atomic mass is 10.3. The molecule has 0 aliphatic heterocycles. The van der Waals surface area contributed by atoms with Crippen molar-refractivity contribution in [3.8, 4) is 0 Å². The summed E-state index contributed by atoms with van der Waals surface area (Å²) in [6, 6.07) is 8.10. The van der Waals surface area contributed by atoms with Crippen LogP contribution in [0.1, 0.15) is 5.69 Å². The molecule has 5 heteroatoms. The second-order valence-electron chi connectivity index (χ2n) is 3.82. The van der Waals surface area contributed by atoms with E-state index in [1.165, 1.54) is 0 Å². The lowest BCUT2D eigenvalue weighted by Crippen LogP contribution is -2.04. The second-order valence-corrected chi connectivity index (χ2v) is 4.54. The van der Waals surface area contributed by atoms with Gasteiger partial charge in [-0.3, -0.25) is 0 Å². The van der Waals surface area contributed by atoms with Crippen molar-refractivity contribution in [2.45, 2.75) is 6.54 Å². The van der Waals surface area contributed by atoms with E-state index >= 15 is 0 Å². The van der Waals surface area contributed by atoms with E-state index in [1.807, 2.05) is 36.1 Å². The predicted molar refractivity (Wildman–Crippen MR) is 70.2 cm³/mol. The number of fused-ring (bicyclic) bond motifs is 1. The highest BCUT2D eigenvalue weighted by Gasteiger charge is 2.06. The molecular formula is C12H12N4S. The minimum absolute atomic E-state index is 0.709. The van der Waals surface area contributed by atoms with Crippen LogP contribution in [-0.4, -0.2) is 14.5 Å². The summed E-state index contributed by atoms with van der Waals surface area (Å²) in [7, 11) is 2.01. The van der Waals surface area contributed by atoms with Gasteiger partial charge in [-0.15, -0.1) is 11.3 Å². The van der Waals surface area contributed by atoms with Gasteiger partial charge in [-0.2, -0.15) is 0 Å². The number of hydrogen-bond donors (Lipinski definition) is 1. The van der Waals surface area contributed by atoms with E-state index in [2.05, 4.69) is 25.9 Å². The topological polar surface area (TPSA) is 42.7 Å². The SMILES string of the molecule is Cn1c(NCc2cscn2)nc2ccccc21. The number of nitrogens with one attached hydrogen (secondary N) is 1. The number of aryl methyl sites for hydroxylation is 1. The molecule has 0 fully saturated rings. The van der Waals surface area contributed by atoms with Crippen molar-refractivity contribution in [2.75, 3.05) is 5.32 Å². The summed E-state index contributed by atoms with van der Waals surface area (Å²) in [5, 5.41) is 5.34. The van der Waals surface area contributed by atoms with Gasteiger partial charge in [0.1, 0.15) is 0 Å². The Labute approximate surface area is 103 Å². The first-order valence-electron chi connectivity index (χ1n) is 5.37. The summed E-state index contributed by atoms with van der Waals surface area (Å²) in [5.41, 5.74) is 5.03. The summed E-state index contributed by atoms with van der Waals surface area (Å²) in [5.74, 6) is 0.874. The van der Waals surface area contributed by atoms with Crippen LogP contribution in [0.3, 0.4) is 0 Å². The summed E-state index contributed by atoms with van der Waals surface area (Å²) in [6.45, 7) is 0.709. The maximum atomic E-state index is 4.54. The van der Waals surface area contributed by atoms with E-state index < -0.39 is 0 Å². The minimum Gasteiger partial charge on any atom is -0.350 e. The van der Waals surface area contributed by atoms with Gasteiger partial charge in [0.05, 0.1) is 28.8 Å². The van der Waals surface area contributed by atoms with Crippen molar-refractivity contribution in [3.05, 3.63) is 40.8 Å². The van der Waals surface area contributed by atoms with Crippen LogP contribution in [-0.2, 0) is 13.6 Å². The van der Waals surface area contributed by atoms with Crippen LogP contribution >= 0.6 is 11.3 Å². The Morgan fingerprint density at radius 2 is 2.24 bits per heavy atom. The standard InChI is InChI=1S/C12H12N4S/c1-16-11-5-3-2-4-10(11)15-12(16)13-6-9-7-17-8-14-9/h2-5,7-8H,6H2,1H3,(H,13,15). The minimum atomic E-state index is 0.709. The van der Waals surface area contributed by atoms with Crippen LogP contribution in [0.2, 0.25) is 0 Å². The zero-order chi connectivity index (χ0) is 11.7. The molecule has 1 N–H and O–H groups in total. The molecule has 0 aliphatic rings. The van der Waals surface area contributed by atoms with Gasteiger partial charge in [0.25, 0.3) is 0 Å². The lowest BCUT2D eigenvalue weighted by molar-refractivity contribution is 0.920. The van der Waals surface area contributed by atoms with Crippen molar-refractivity contribution >= 4 is 28.3 Å². The molecule has 0 bridgehead atoms. The molecule has 3 rings (SSSR count). The zero-order valence-corrected chi connectivity index (χ0v) is 10.2. The maximum absolute atomic E-state index is 4.54. The van der Waals surface area contributed by atoms with Gasteiger partial charge >= 0.3 is 0 Å². The number of thiazole rings is 1.